The van der Waals surface area contributed by atoms with E-state index < -0.39 is 0 Å². The lowest BCUT2D eigenvalue weighted by Crippen LogP contribution is -2.22. The number of nitrogens with zero attached hydrogens (tertiary/aromatic N) is 2. The van der Waals surface area contributed by atoms with Crippen LogP contribution in [0.1, 0.15) is 6.42 Å². The van der Waals surface area contributed by atoms with Crippen molar-refractivity contribution in [1.29, 1.82) is 0 Å². The number of hydrogen-bond acceptors (Lipinski definition) is 4. The number of anilines is 2. The Labute approximate surface area is 87.3 Å². The molecule has 1 aliphatic rings. The van der Waals surface area contributed by atoms with Gasteiger partial charge in [-0.05, 0) is 6.42 Å². The highest BCUT2D eigenvalue weighted by molar-refractivity contribution is 5.69. The fourth-order valence-electron chi connectivity index (χ4n) is 1.73. The zero-order chi connectivity index (χ0) is 10.1. The minimum Gasteiger partial charge on any atom is -0.396 e. The van der Waals surface area contributed by atoms with E-state index in [0.717, 1.165) is 18.7 Å². The van der Waals surface area contributed by atoms with E-state index in [1.807, 2.05) is 4.90 Å². The number of aliphatic hydroxyl groups excluding tert-OH is 1. The van der Waals surface area contributed by atoms with Gasteiger partial charge in [0.2, 0.25) is 0 Å². The highest BCUT2D eigenvalue weighted by Crippen LogP contribution is 2.30. The number of pyridine rings is 1. The average molecular weight is 215 g/mol. The van der Waals surface area contributed by atoms with E-state index in [9.17, 15) is 5.11 Å². The molecular weight excluding hydrogens is 202 g/mol. The molecule has 76 valence electrons. The highest BCUT2D eigenvalue weighted by Gasteiger charge is 2.26. The molecule has 5 heteroatoms. The van der Waals surface area contributed by atoms with Crippen LogP contribution in [0.3, 0.4) is 0 Å². The van der Waals surface area contributed by atoms with Crippen LogP contribution >= 0.6 is 0 Å². The molecule has 1 atom stereocenters. The van der Waals surface area contributed by atoms with E-state index in [-0.39, 0.29) is 6.10 Å². The molecule has 0 aromatic carbocycles. The van der Waals surface area contributed by atoms with Crippen LogP contribution in [0.15, 0.2) is 12.4 Å². The summed E-state index contributed by atoms with van der Waals surface area (Å²) in [5.41, 5.74) is 7.22. The Morgan fingerprint density at radius 1 is 1.57 bits per heavy atom. The Kier molecular flexibility index (Phi) is 2.48. The Morgan fingerprint density at radius 3 is 2.93 bits per heavy atom. The summed E-state index contributed by atoms with van der Waals surface area (Å²) < 4.78 is 0. The summed E-state index contributed by atoms with van der Waals surface area (Å²) >= 11 is 5.15. The summed E-state index contributed by atoms with van der Waals surface area (Å²) in [6, 6.07) is 0. The van der Waals surface area contributed by atoms with E-state index in [4.69, 9.17) is 17.3 Å². The first-order chi connectivity index (χ1) is 6.68. The maximum Gasteiger partial charge on any atom is 0.269 e. The molecule has 1 fully saturated rings. The van der Waals surface area contributed by atoms with Crippen molar-refractivity contribution in [1.82, 2.24) is 4.98 Å². The van der Waals surface area contributed by atoms with Gasteiger partial charge in [0, 0.05) is 13.1 Å². The van der Waals surface area contributed by atoms with Crippen molar-refractivity contribution in [3.63, 3.8) is 0 Å². The van der Waals surface area contributed by atoms with Crippen LogP contribution in [-0.2, 0) is 0 Å². The molecule has 0 amide bonds. The molecule has 1 aromatic heterocycles. The summed E-state index contributed by atoms with van der Waals surface area (Å²) in [6.07, 6.45) is 3.72. The number of halogens is 1. The van der Waals surface area contributed by atoms with Crippen LogP contribution in [0.25, 0.3) is 0 Å². The van der Waals surface area contributed by atoms with Crippen molar-refractivity contribution >= 4 is 11.4 Å². The van der Waals surface area contributed by atoms with Crippen molar-refractivity contribution in [2.45, 2.75) is 12.5 Å². The molecule has 14 heavy (non-hydrogen) atoms. The van der Waals surface area contributed by atoms with Crippen molar-refractivity contribution in [2.75, 3.05) is 23.7 Å². The van der Waals surface area contributed by atoms with Gasteiger partial charge in [0.05, 0.1) is 24.2 Å². The molecule has 3 N–H and O–H groups in total. The lowest BCUT2D eigenvalue weighted by Gasteiger charge is -2.17. The summed E-state index contributed by atoms with van der Waals surface area (Å²) in [4.78, 5) is 5.93. The summed E-state index contributed by atoms with van der Waals surface area (Å²) in [7, 11) is 0. The number of nitrogen functional groups attached to an aromatic ring is 1. The van der Waals surface area contributed by atoms with Gasteiger partial charge in [-0.15, -0.1) is 0 Å². The smallest absolute Gasteiger partial charge is 0.269 e. The van der Waals surface area contributed by atoms with Gasteiger partial charge in [-0.3, -0.25) is 4.98 Å². The first-order valence-corrected chi connectivity index (χ1v) is 4.93. The minimum atomic E-state index is -0.267. The van der Waals surface area contributed by atoms with Gasteiger partial charge in [0.1, 0.15) is 5.69 Å². The normalized spacial score (nSPS) is 21.6. The Hall–Kier alpha value is -1.00. The Balaban J connectivity index is 2.31. The number of rotatable bonds is 1. The van der Waals surface area contributed by atoms with Crippen molar-refractivity contribution in [3.8, 4) is 0 Å². The Morgan fingerprint density at radius 2 is 2.36 bits per heavy atom. The highest BCUT2D eigenvalue weighted by atomic mass is 35.5. The second kappa shape index (κ2) is 3.63. The fraction of sp³-hybridized carbons (Fsp3) is 0.444. The van der Waals surface area contributed by atoms with Crippen molar-refractivity contribution in [2.24, 2.45) is 0 Å². The lowest BCUT2D eigenvalue weighted by molar-refractivity contribution is -0.288. The van der Waals surface area contributed by atoms with Crippen molar-refractivity contribution < 1.29 is 16.7 Å². The summed E-state index contributed by atoms with van der Waals surface area (Å²) in [5, 5.41) is 10.1. The number of aromatic nitrogens is 1. The number of nitrogens with two attached hydrogens (primary N) is 1. The standard InChI is InChI=1S/C9H13ClN3O/c10-7-3-12-4-8(11)9(7)13-2-1-6(14)5-13/h3-4,6,10,14H,1-2,5,11H2/q+1. The van der Waals surface area contributed by atoms with Crippen LogP contribution in [0.4, 0.5) is 11.4 Å². The van der Waals surface area contributed by atoms with Gasteiger partial charge >= 0.3 is 0 Å². The maximum atomic E-state index is 9.41. The van der Waals surface area contributed by atoms with Crippen LogP contribution in [0, 0.1) is 11.6 Å². The van der Waals surface area contributed by atoms with E-state index in [2.05, 4.69) is 4.98 Å². The SMILES string of the molecule is Nc1cncc([ClH+])c1N1CCC(O)C1. The molecule has 1 aromatic rings. The molecule has 0 aliphatic carbocycles. The Bertz CT molecular complexity index is 325. The largest absolute Gasteiger partial charge is 0.396 e. The molecule has 2 rings (SSSR count). The topological polar surface area (TPSA) is 62.4 Å². The number of aliphatic hydroxyl groups is 1. The minimum absolute atomic E-state index is 0.267. The molecule has 1 unspecified atom stereocenters. The van der Waals surface area contributed by atoms with E-state index >= 15 is 0 Å². The van der Waals surface area contributed by atoms with Gasteiger partial charge in [-0.2, -0.15) is 0 Å². The fourth-order valence-corrected chi connectivity index (χ4v) is 2.04. The van der Waals surface area contributed by atoms with E-state index in [1.165, 1.54) is 0 Å². The predicted molar refractivity (Wildman–Crippen MR) is 52.0 cm³/mol. The van der Waals surface area contributed by atoms with Crippen LogP contribution in [0.2, 0.25) is 5.02 Å². The zero-order valence-corrected chi connectivity index (χ0v) is 8.50. The first-order valence-electron chi connectivity index (χ1n) is 4.52. The number of hydrogen-bond donors (Lipinski definition) is 2. The third kappa shape index (κ3) is 1.63. The van der Waals surface area contributed by atoms with Gasteiger partial charge in [0.25, 0.3) is 5.02 Å². The third-order valence-corrected chi connectivity index (χ3v) is 2.69. The molecule has 0 spiro atoms. The van der Waals surface area contributed by atoms with Crippen molar-refractivity contribution in [3.05, 3.63) is 17.4 Å². The molecule has 1 aliphatic heterocycles. The van der Waals surface area contributed by atoms with Crippen LogP contribution < -0.4 is 10.6 Å². The van der Waals surface area contributed by atoms with E-state index in [0.29, 0.717) is 17.3 Å². The molecule has 4 nitrogen and oxygen atoms in total. The van der Waals surface area contributed by atoms with Gasteiger partial charge in [-0.25, -0.2) is 0 Å². The lowest BCUT2D eigenvalue weighted by atomic mass is 10.3. The second-order valence-electron chi connectivity index (χ2n) is 3.46. The maximum absolute atomic E-state index is 9.41. The molecular formula is C9H13ClN3O+. The monoisotopic (exact) mass is 214 g/mol. The quantitative estimate of drug-likeness (QED) is 0.687. The third-order valence-electron chi connectivity index (χ3n) is 2.39. The van der Waals surface area contributed by atoms with Crippen LogP contribution in [0.5, 0.6) is 0 Å². The summed E-state index contributed by atoms with van der Waals surface area (Å²) in [5.74, 6) is 0. The molecule has 0 saturated carbocycles. The molecule has 0 bridgehead atoms. The molecule has 1 saturated heterocycles. The van der Waals surface area contributed by atoms with Crippen LogP contribution in [-0.4, -0.2) is 29.3 Å². The summed E-state index contributed by atoms with van der Waals surface area (Å²) in [6.45, 7) is 1.41. The second-order valence-corrected chi connectivity index (χ2v) is 3.90. The van der Waals surface area contributed by atoms with Gasteiger partial charge in [0.15, 0.2) is 11.6 Å². The zero-order valence-electron chi connectivity index (χ0n) is 7.68. The van der Waals surface area contributed by atoms with Gasteiger partial charge < -0.3 is 15.7 Å². The molecule has 2 heterocycles. The number of β-amino-alcohol motifs (C(OH)–C–C–N with tert-alkyl or cyclic N) is 1. The average Bonchev–Trinajstić information content (AvgIpc) is 2.51. The van der Waals surface area contributed by atoms with Gasteiger partial charge in [-0.1, -0.05) is 0 Å². The first kappa shape index (κ1) is 9.55. The predicted octanol–water partition coefficient (Wildman–Crippen LogP) is -0.0690. The van der Waals surface area contributed by atoms with E-state index in [1.54, 1.807) is 12.4 Å². The molecule has 0 radical (unpaired) electrons.